The van der Waals surface area contributed by atoms with Gasteiger partial charge in [0.25, 0.3) is 0 Å². The van der Waals surface area contributed by atoms with Crippen LogP contribution in [0.2, 0.25) is 0 Å². The first-order chi connectivity index (χ1) is 9.86. The molecular formula is C16H22O4S. The molecule has 0 heterocycles. The Morgan fingerprint density at radius 2 is 1.48 bits per heavy atom. The monoisotopic (exact) mass is 310 g/mol. The predicted octanol–water partition coefficient (Wildman–Crippen LogP) is 4.09. The Hall–Kier alpha value is -1.43. The van der Waals surface area contributed by atoms with Crippen LogP contribution in [-0.2, 0) is 23.2 Å². The molecule has 4 nitrogen and oxygen atoms in total. The third kappa shape index (κ3) is 6.25. The maximum absolute atomic E-state index is 8.74. The molecule has 2 aromatic carbocycles. The van der Waals surface area contributed by atoms with Crippen LogP contribution < -0.4 is 0 Å². The van der Waals surface area contributed by atoms with Gasteiger partial charge in [-0.3, -0.25) is 9.11 Å². The molecule has 0 atom stereocenters. The molecule has 0 unspecified atom stereocenters. The number of benzene rings is 2. The Labute approximate surface area is 126 Å². The second kappa shape index (κ2) is 8.12. The third-order valence-corrected chi connectivity index (χ3v) is 3.16. The summed E-state index contributed by atoms with van der Waals surface area (Å²) in [5.74, 6) is 0. The zero-order valence-electron chi connectivity index (χ0n) is 12.4. The fourth-order valence-electron chi connectivity index (χ4n) is 2.43. The van der Waals surface area contributed by atoms with Crippen molar-refractivity contribution in [2.45, 2.75) is 39.5 Å². The minimum atomic E-state index is -4.67. The minimum absolute atomic E-state index is 1.21. The van der Waals surface area contributed by atoms with Crippen molar-refractivity contribution in [3.8, 4) is 0 Å². The molecular weight excluding hydrogens is 288 g/mol. The van der Waals surface area contributed by atoms with Gasteiger partial charge >= 0.3 is 10.4 Å². The van der Waals surface area contributed by atoms with Crippen LogP contribution in [0.4, 0.5) is 0 Å². The van der Waals surface area contributed by atoms with Gasteiger partial charge in [0.2, 0.25) is 0 Å². The van der Waals surface area contributed by atoms with E-state index in [0.29, 0.717) is 0 Å². The van der Waals surface area contributed by atoms with E-state index in [4.69, 9.17) is 17.5 Å². The molecule has 0 saturated heterocycles. The Morgan fingerprint density at radius 1 is 0.905 bits per heavy atom. The van der Waals surface area contributed by atoms with Gasteiger partial charge in [0, 0.05) is 0 Å². The van der Waals surface area contributed by atoms with Crippen molar-refractivity contribution in [1.82, 2.24) is 0 Å². The van der Waals surface area contributed by atoms with Gasteiger partial charge in [-0.15, -0.1) is 0 Å². The van der Waals surface area contributed by atoms with E-state index < -0.39 is 10.4 Å². The minimum Gasteiger partial charge on any atom is -0.264 e. The lowest BCUT2D eigenvalue weighted by molar-refractivity contribution is 0.381. The predicted molar refractivity (Wildman–Crippen MR) is 86.1 cm³/mol. The summed E-state index contributed by atoms with van der Waals surface area (Å²) in [7, 11) is -4.67. The molecule has 0 aromatic heterocycles. The highest BCUT2D eigenvalue weighted by Gasteiger charge is 2.05. The van der Waals surface area contributed by atoms with Gasteiger partial charge in [-0.1, -0.05) is 63.1 Å². The summed E-state index contributed by atoms with van der Waals surface area (Å²) >= 11 is 0. The van der Waals surface area contributed by atoms with Crippen molar-refractivity contribution in [2.75, 3.05) is 0 Å². The fourth-order valence-corrected chi connectivity index (χ4v) is 2.43. The first-order valence-corrected chi connectivity index (χ1v) is 8.45. The van der Waals surface area contributed by atoms with E-state index in [2.05, 4.69) is 50.2 Å². The Balaban J connectivity index is 0.000000383. The zero-order valence-corrected chi connectivity index (χ0v) is 13.2. The van der Waals surface area contributed by atoms with E-state index in [0.717, 1.165) is 0 Å². The molecule has 21 heavy (non-hydrogen) atoms. The summed E-state index contributed by atoms with van der Waals surface area (Å²) in [5, 5.41) is 2.83. The maximum atomic E-state index is 8.74. The summed E-state index contributed by atoms with van der Waals surface area (Å²) in [4.78, 5) is 0. The van der Waals surface area contributed by atoms with Crippen LogP contribution in [-0.4, -0.2) is 17.5 Å². The molecule has 2 N–H and O–H groups in total. The van der Waals surface area contributed by atoms with Crippen molar-refractivity contribution < 1.29 is 17.5 Å². The number of hydrogen-bond acceptors (Lipinski definition) is 2. The maximum Gasteiger partial charge on any atom is 0.394 e. The van der Waals surface area contributed by atoms with Gasteiger partial charge in [-0.25, -0.2) is 0 Å². The molecule has 0 spiro atoms. The van der Waals surface area contributed by atoms with Gasteiger partial charge in [-0.2, -0.15) is 8.42 Å². The van der Waals surface area contributed by atoms with Crippen LogP contribution in [0.5, 0.6) is 0 Å². The summed E-state index contributed by atoms with van der Waals surface area (Å²) < 4.78 is 31.6. The molecule has 0 aliphatic heterocycles. The summed E-state index contributed by atoms with van der Waals surface area (Å²) in [6, 6.07) is 13.3. The second-order valence-corrected chi connectivity index (χ2v) is 5.77. The Bertz CT molecular complexity index is 670. The topological polar surface area (TPSA) is 74.6 Å². The van der Waals surface area contributed by atoms with Crippen molar-refractivity contribution in [2.24, 2.45) is 0 Å². The molecule has 0 aliphatic carbocycles. The molecule has 2 aromatic rings. The number of fused-ring (bicyclic) bond motifs is 1. The van der Waals surface area contributed by atoms with E-state index in [1.807, 2.05) is 0 Å². The lowest BCUT2D eigenvalue weighted by Gasteiger charge is -2.11. The number of aryl methyl sites for hydroxylation is 2. The number of hydrogen-bond donors (Lipinski definition) is 2. The summed E-state index contributed by atoms with van der Waals surface area (Å²) in [6.45, 7) is 4.52. The average Bonchev–Trinajstić information content (AvgIpc) is 2.40. The number of rotatable bonds is 4. The van der Waals surface area contributed by atoms with Gasteiger partial charge in [0.1, 0.15) is 0 Å². The van der Waals surface area contributed by atoms with E-state index in [1.54, 1.807) is 11.1 Å². The van der Waals surface area contributed by atoms with E-state index in [9.17, 15) is 0 Å². The smallest absolute Gasteiger partial charge is 0.264 e. The highest BCUT2D eigenvalue weighted by molar-refractivity contribution is 7.79. The van der Waals surface area contributed by atoms with E-state index in [1.165, 1.54) is 36.5 Å². The van der Waals surface area contributed by atoms with Crippen LogP contribution in [0, 0.1) is 0 Å². The highest BCUT2D eigenvalue weighted by Crippen LogP contribution is 2.24. The van der Waals surface area contributed by atoms with Gasteiger partial charge in [-0.05, 0) is 34.7 Å². The second-order valence-electron chi connectivity index (χ2n) is 4.87. The summed E-state index contributed by atoms with van der Waals surface area (Å²) in [5.41, 5.74) is 3.12. The molecule has 116 valence electrons. The molecule has 0 fully saturated rings. The van der Waals surface area contributed by atoms with E-state index in [-0.39, 0.29) is 0 Å². The van der Waals surface area contributed by atoms with Crippen LogP contribution in [0.3, 0.4) is 0 Å². The fraction of sp³-hybridized carbons (Fsp3) is 0.375. The molecule has 0 saturated carbocycles. The molecule has 0 amide bonds. The quantitative estimate of drug-likeness (QED) is 0.834. The lowest BCUT2D eigenvalue weighted by atomic mass is 9.93. The standard InChI is InChI=1S/C16H20.H2O4S/c1-3-7-13-11-12-14-9-5-6-10-16(14)15(13)8-4-2;1-5(2,3)4/h5-6,9-12H,3-4,7-8H2,1-2H3;(H2,1,2,3,4). The summed E-state index contributed by atoms with van der Waals surface area (Å²) in [6.07, 6.45) is 4.87. The highest BCUT2D eigenvalue weighted by atomic mass is 32.3. The first-order valence-electron chi connectivity index (χ1n) is 7.06. The van der Waals surface area contributed by atoms with E-state index >= 15 is 0 Å². The van der Waals surface area contributed by atoms with Crippen molar-refractivity contribution in [3.05, 3.63) is 47.5 Å². The first kappa shape index (κ1) is 17.6. The largest absolute Gasteiger partial charge is 0.394 e. The Kier molecular flexibility index (Phi) is 6.81. The SMILES string of the molecule is CCCc1ccc2ccccc2c1CCC.O=S(=O)(O)O. The van der Waals surface area contributed by atoms with Crippen molar-refractivity contribution in [1.29, 1.82) is 0 Å². The Morgan fingerprint density at radius 3 is 2.05 bits per heavy atom. The zero-order chi connectivity index (χ0) is 15.9. The van der Waals surface area contributed by atoms with Crippen LogP contribution in [0.15, 0.2) is 36.4 Å². The molecule has 5 heteroatoms. The normalized spacial score (nSPS) is 11.0. The van der Waals surface area contributed by atoms with Crippen LogP contribution in [0.1, 0.15) is 37.8 Å². The van der Waals surface area contributed by atoms with Gasteiger partial charge < -0.3 is 0 Å². The molecule has 0 aliphatic rings. The molecule has 0 bridgehead atoms. The third-order valence-electron chi connectivity index (χ3n) is 3.16. The van der Waals surface area contributed by atoms with Crippen LogP contribution >= 0.6 is 0 Å². The lowest BCUT2D eigenvalue weighted by Crippen LogP contribution is -1.95. The van der Waals surface area contributed by atoms with Crippen molar-refractivity contribution in [3.63, 3.8) is 0 Å². The molecule has 2 rings (SSSR count). The van der Waals surface area contributed by atoms with Crippen molar-refractivity contribution >= 4 is 21.2 Å². The molecule has 0 radical (unpaired) electrons. The van der Waals surface area contributed by atoms with Gasteiger partial charge in [0.05, 0.1) is 0 Å². The van der Waals surface area contributed by atoms with Gasteiger partial charge in [0.15, 0.2) is 0 Å². The average molecular weight is 310 g/mol. The van der Waals surface area contributed by atoms with Crippen LogP contribution in [0.25, 0.3) is 10.8 Å².